The first-order valence-corrected chi connectivity index (χ1v) is 5.18. The van der Waals surface area contributed by atoms with Crippen LogP contribution in [0.4, 0.5) is 0 Å². The Hall–Kier alpha value is -0.370. The molecule has 1 rings (SSSR count). The highest BCUT2D eigenvalue weighted by atomic mass is 79.9. The topological polar surface area (TPSA) is 12.9 Å². The van der Waals surface area contributed by atoms with Crippen LogP contribution in [0.2, 0.25) is 0 Å². The van der Waals surface area contributed by atoms with Crippen molar-refractivity contribution >= 4 is 15.9 Å². The van der Waals surface area contributed by atoms with Crippen molar-refractivity contribution in [3.8, 4) is 0 Å². The molecule has 0 spiro atoms. The van der Waals surface area contributed by atoms with Gasteiger partial charge in [-0.25, -0.2) is 0 Å². The second-order valence-corrected chi connectivity index (χ2v) is 4.21. The van der Waals surface area contributed by atoms with Crippen molar-refractivity contribution in [2.24, 2.45) is 0 Å². The Kier molecular flexibility index (Phi) is 2.89. The van der Waals surface area contributed by atoms with Crippen LogP contribution in [0.3, 0.4) is 0 Å². The molecule has 0 saturated heterocycles. The Bertz CT molecular complexity index is 268. The van der Waals surface area contributed by atoms with E-state index in [9.17, 15) is 0 Å². The van der Waals surface area contributed by atoms with E-state index in [1.54, 1.807) is 0 Å². The fourth-order valence-corrected chi connectivity index (χ4v) is 1.57. The smallest absolute Gasteiger partial charge is 0.0410 e. The van der Waals surface area contributed by atoms with Gasteiger partial charge in [0.15, 0.2) is 0 Å². The van der Waals surface area contributed by atoms with E-state index < -0.39 is 0 Å². The van der Waals surface area contributed by atoms with E-state index in [0.717, 1.165) is 11.0 Å². The summed E-state index contributed by atoms with van der Waals surface area (Å²) in [5.74, 6) is 0. The molecule has 0 aliphatic rings. The third-order valence-corrected chi connectivity index (χ3v) is 3.47. The van der Waals surface area contributed by atoms with Crippen molar-refractivity contribution in [3.05, 3.63) is 29.6 Å². The molecule has 1 nitrogen and oxygen atoms in total. The molecule has 0 aromatic carbocycles. The van der Waals surface area contributed by atoms with Crippen LogP contribution in [0.1, 0.15) is 25.1 Å². The molecule has 0 saturated carbocycles. The molecule has 0 atom stereocenters. The van der Waals surface area contributed by atoms with E-state index in [0.29, 0.717) is 0 Å². The average Bonchev–Trinajstić information content (AvgIpc) is 2.05. The van der Waals surface area contributed by atoms with Crippen molar-refractivity contribution < 1.29 is 0 Å². The predicted molar refractivity (Wildman–Crippen MR) is 55.8 cm³/mol. The summed E-state index contributed by atoms with van der Waals surface area (Å²) >= 11 is 3.51. The van der Waals surface area contributed by atoms with Crippen LogP contribution in [0.15, 0.2) is 18.3 Å². The zero-order chi connectivity index (χ0) is 9.19. The van der Waals surface area contributed by atoms with Crippen molar-refractivity contribution in [1.29, 1.82) is 0 Å². The van der Waals surface area contributed by atoms with Crippen LogP contribution in [0.25, 0.3) is 0 Å². The minimum Gasteiger partial charge on any atom is -0.261 e. The Morgan fingerprint density at radius 1 is 1.50 bits per heavy atom. The summed E-state index contributed by atoms with van der Waals surface area (Å²) in [5, 5.41) is 0.965. The highest BCUT2D eigenvalue weighted by molar-refractivity contribution is 9.09. The van der Waals surface area contributed by atoms with Gasteiger partial charge in [0.1, 0.15) is 0 Å². The van der Waals surface area contributed by atoms with Gasteiger partial charge in [0.2, 0.25) is 0 Å². The standard InChI is InChI=1S/C10H14BrN/c1-8-9(5-4-6-12-8)10(2,3)7-11/h4-6H,7H2,1-3H3. The van der Waals surface area contributed by atoms with Gasteiger partial charge in [-0.2, -0.15) is 0 Å². The molecular formula is C10H14BrN. The van der Waals surface area contributed by atoms with Gasteiger partial charge in [0, 0.05) is 22.6 Å². The van der Waals surface area contributed by atoms with E-state index in [4.69, 9.17) is 0 Å². The highest BCUT2D eigenvalue weighted by Gasteiger charge is 2.20. The first-order chi connectivity index (χ1) is 5.58. The van der Waals surface area contributed by atoms with Crippen molar-refractivity contribution in [2.45, 2.75) is 26.2 Å². The minimum atomic E-state index is 0.179. The van der Waals surface area contributed by atoms with E-state index >= 15 is 0 Å². The quantitative estimate of drug-likeness (QED) is 0.709. The summed E-state index contributed by atoms with van der Waals surface area (Å²) in [4.78, 5) is 4.27. The van der Waals surface area contributed by atoms with E-state index in [1.807, 2.05) is 12.3 Å². The molecule has 0 bridgehead atoms. The van der Waals surface area contributed by atoms with E-state index in [-0.39, 0.29) is 5.41 Å². The molecule has 0 N–H and O–H groups in total. The fourth-order valence-electron chi connectivity index (χ4n) is 1.27. The van der Waals surface area contributed by atoms with Gasteiger partial charge in [-0.15, -0.1) is 0 Å². The summed E-state index contributed by atoms with van der Waals surface area (Å²) in [6.45, 7) is 6.48. The Labute approximate surface area is 82.3 Å². The Morgan fingerprint density at radius 3 is 2.67 bits per heavy atom. The second-order valence-electron chi connectivity index (χ2n) is 3.65. The largest absolute Gasteiger partial charge is 0.261 e. The minimum absolute atomic E-state index is 0.179. The average molecular weight is 228 g/mol. The number of pyridine rings is 1. The van der Waals surface area contributed by atoms with Crippen LogP contribution in [-0.2, 0) is 5.41 Å². The summed E-state index contributed by atoms with van der Waals surface area (Å²) in [6.07, 6.45) is 1.84. The summed E-state index contributed by atoms with van der Waals surface area (Å²) in [5.41, 5.74) is 2.63. The number of alkyl halides is 1. The summed E-state index contributed by atoms with van der Waals surface area (Å²) in [7, 11) is 0. The van der Waals surface area contributed by atoms with Gasteiger partial charge < -0.3 is 0 Å². The first-order valence-electron chi connectivity index (χ1n) is 4.06. The molecule has 0 fully saturated rings. The molecule has 2 heteroatoms. The van der Waals surface area contributed by atoms with E-state index in [1.165, 1.54) is 5.56 Å². The molecule has 0 aliphatic carbocycles. The lowest BCUT2D eigenvalue weighted by Gasteiger charge is -2.23. The van der Waals surface area contributed by atoms with Gasteiger partial charge in [-0.3, -0.25) is 4.98 Å². The Balaban J connectivity index is 3.10. The molecule has 0 unspecified atom stereocenters. The number of aromatic nitrogens is 1. The molecule has 1 heterocycles. The number of halogens is 1. The van der Waals surface area contributed by atoms with Crippen molar-refractivity contribution in [3.63, 3.8) is 0 Å². The van der Waals surface area contributed by atoms with E-state index in [2.05, 4.69) is 47.8 Å². The molecule has 0 radical (unpaired) electrons. The van der Waals surface area contributed by atoms with Crippen molar-refractivity contribution in [2.75, 3.05) is 5.33 Å². The molecule has 0 amide bonds. The predicted octanol–water partition coefficient (Wildman–Crippen LogP) is 3.06. The second kappa shape index (κ2) is 3.56. The molecule has 12 heavy (non-hydrogen) atoms. The lowest BCUT2D eigenvalue weighted by molar-refractivity contribution is 0.598. The molecule has 0 aliphatic heterocycles. The van der Waals surface area contributed by atoms with Gasteiger partial charge in [-0.05, 0) is 18.6 Å². The third-order valence-electron chi connectivity index (χ3n) is 2.07. The normalized spacial score (nSPS) is 11.7. The van der Waals surface area contributed by atoms with Gasteiger partial charge in [0.05, 0.1) is 0 Å². The summed E-state index contributed by atoms with van der Waals surface area (Å²) in [6, 6.07) is 4.14. The molecule has 66 valence electrons. The molecular weight excluding hydrogens is 214 g/mol. The maximum Gasteiger partial charge on any atom is 0.0410 e. The van der Waals surface area contributed by atoms with Gasteiger partial charge in [0.25, 0.3) is 0 Å². The number of hydrogen-bond donors (Lipinski definition) is 0. The van der Waals surface area contributed by atoms with Crippen LogP contribution in [0.5, 0.6) is 0 Å². The zero-order valence-corrected chi connectivity index (χ0v) is 9.35. The number of nitrogens with zero attached hydrogens (tertiary/aromatic N) is 1. The monoisotopic (exact) mass is 227 g/mol. The number of aryl methyl sites for hydroxylation is 1. The SMILES string of the molecule is Cc1ncccc1C(C)(C)CBr. The van der Waals surface area contributed by atoms with Crippen LogP contribution in [0, 0.1) is 6.92 Å². The van der Waals surface area contributed by atoms with Gasteiger partial charge in [-0.1, -0.05) is 35.8 Å². The first kappa shape index (κ1) is 9.72. The van der Waals surface area contributed by atoms with Crippen LogP contribution in [-0.4, -0.2) is 10.3 Å². The zero-order valence-electron chi connectivity index (χ0n) is 7.76. The maximum atomic E-state index is 4.27. The maximum absolute atomic E-state index is 4.27. The Morgan fingerprint density at radius 2 is 2.17 bits per heavy atom. The highest BCUT2D eigenvalue weighted by Crippen LogP contribution is 2.26. The van der Waals surface area contributed by atoms with Gasteiger partial charge >= 0.3 is 0 Å². The van der Waals surface area contributed by atoms with Crippen LogP contribution >= 0.6 is 15.9 Å². The molecule has 1 aromatic rings. The third kappa shape index (κ3) is 1.86. The van der Waals surface area contributed by atoms with Crippen LogP contribution < -0.4 is 0 Å². The molecule has 1 aromatic heterocycles. The lowest BCUT2D eigenvalue weighted by Crippen LogP contribution is -2.20. The number of rotatable bonds is 2. The lowest BCUT2D eigenvalue weighted by atomic mass is 9.86. The fraction of sp³-hybridized carbons (Fsp3) is 0.500. The number of hydrogen-bond acceptors (Lipinski definition) is 1. The van der Waals surface area contributed by atoms with Crippen molar-refractivity contribution in [1.82, 2.24) is 4.98 Å². The summed E-state index contributed by atoms with van der Waals surface area (Å²) < 4.78 is 0.